The van der Waals surface area contributed by atoms with Crippen LogP contribution >= 0.6 is 0 Å². The molecule has 2 heterocycles. The molecule has 3 aromatic rings. The van der Waals surface area contributed by atoms with Crippen LogP contribution in [0.5, 0.6) is 11.5 Å². The smallest absolute Gasteiger partial charge is 0.223 e. The molecule has 0 bridgehead atoms. The molecule has 0 saturated carbocycles. The van der Waals surface area contributed by atoms with Crippen LogP contribution < -0.4 is 14.4 Å². The van der Waals surface area contributed by atoms with Gasteiger partial charge in [0.25, 0.3) is 0 Å². The number of anilines is 1. The summed E-state index contributed by atoms with van der Waals surface area (Å²) in [5.41, 5.74) is 4.38. The molecule has 1 amide bonds. The van der Waals surface area contributed by atoms with E-state index in [1.807, 2.05) is 41.4 Å². The number of aryl methyl sites for hydroxylation is 1. The van der Waals surface area contributed by atoms with Crippen molar-refractivity contribution in [3.63, 3.8) is 0 Å². The second-order valence-corrected chi connectivity index (χ2v) is 7.62. The number of rotatable bonds is 7. The van der Waals surface area contributed by atoms with Gasteiger partial charge in [-0.25, -0.2) is 4.98 Å². The van der Waals surface area contributed by atoms with Crippen LogP contribution in [-0.2, 0) is 24.3 Å². The monoisotopic (exact) mass is 420 g/mol. The molecule has 31 heavy (non-hydrogen) atoms. The number of H-pyrrole nitrogens is 1. The first-order valence-corrected chi connectivity index (χ1v) is 10.5. The van der Waals surface area contributed by atoms with Crippen molar-refractivity contribution in [2.75, 3.05) is 32.2 Å². The van der Waals surface area contributed by atoms with Crippen LogP contribution in [0.4, 0.5) is 5.69 Å². The van der Waals surface area contributed by atoms with Crippen molar-refractivity contribution in [1.29, 1.82) is 0 Å². The van der Waals surface area contributed by atoms with Crippen LogP contribution in [0.15, 0.2) is 55.0 Å². The topological polar surface area (TPSA) is 70.7 Å². The lowest BCUT2D eigenvalue weighted by Crippen LogP contribution is -2.35. The van der Waals surface area contributed by atoms with E-state index in [1.54, 1.807) is 20.5 Å². The molecule has 0 spiro atoms. The lowest BCUT2D eigenvalue weighted by molar-refractivity contribution is -0.131. The number of aromatic nitrogens is 2. The number of carbonyl (C=O) groups excluding carboxylic acids is 1. The van der Waals surface area contributed by atoms with E-state index >= 15 is 0 Å². The summed E-state index contributed by atoms with van der Waals surface area (Å²) >= 11 is 0. The quantitative estimate of drug-likeness (QED) is 0.634. The maximum Gasteiger partial charge on any atom is 0.223 e. The summed E-state index contributed by atoms with van der Waals surface area (Å²) in [5, 5.41) is 0. The van der Waals surface area contributed by atoms with Gasteiger partial charge >= 0.3 is 0 Å². The van der Waals surface area contributed by atoms with E-state index in [1.165, 1.54) is 5.69 Å². The fourth-order valence-corrected chi connectivity index (χ4v) is 4.00. The van der Waals surface area contributed by atoms with Gasteiger partial charge in [-0.1, -0.05) is 24.3 Å². The average Bonchev–Trinajstić information content (AvgIpc) is 3.25. The van der Waals surface area contributed by atoms with Gasteiger partial charge in [0.05, 0.1) is 32.8 Å². The first-order valence-electron chi connectivity index (χ1n) is 10.5. The molecule has 1 N–H and O–H groups in total. The molecule has 0 fully saturated rings. The Bertz CT molecular complexity index is 1020. The molecule has 2 aromatic carbocycles. The third-order valence-corrected chi connectivity index (χ3v) is 5.67. The number of para-hydroxylation sites is 1. The van der Waals surface area contributed by atoms with Crippen molar-refractivity contribution in [2.24, 2.45) is 0 Å². The van der Waals surface area contributed by atoms with E-state index < -0.39 is 0 Å². The van der Waals surface area contributed by atoms with Gasteiger partial charge in [-0.15, -0.1) is 0 Å². The molecule has 0 radical (unpaired) electrons. The summed E-state index contributed by atoms with van der Waals surface area (Å²) < 4.78 is 10.7. The number of aromatic amines is 1. The number of fused-ring (bicyclic) bond motifs is 1. The van der Waals surface area contributed by atoms with Crippen molar-refractivity contribution < 1.29 is 14.3 Å². The highest BCUT2D eigenvalue weighted by Crippen LogP contribution is 2.29. The summed E-state index contributed by atoms with van der Waals surface area (Å²) in [6.07, 6.45) is 4.73. The zero-order chi connectivity index (χ0) is 21.6. The number of ether oxygens (including phenoxy) is 2. The van der Waals surface area contributed by atoms with Gasteiger partial charge in [-0.2, -0.15) is 0 Å². The normalized spacial score (nSPS) is 13.5. The molecular formula is C24H28N4O3. The fourth-order valence-electron chi connectivity index (χ4n) is 4.00. The summed E-state index contributed by atoms with van der Waals surface area (Å²) in [5.74, 6) is 1.54. The molecule has 0 saturated heterocycles. The van der Waals surface area contributed by atoms with E-state index in [4.69, 9.17) is 9.47 Å². The Morgan fingerprint density at radius 3 is 2.71 bits per heavy atom. The zero-order valence-corrected chi connectivity index (χ0v) is 18.0. The summed E-state index contributed by atoms with van der Waals surface area (Å²) in [4.78, 5) is 24.7. The highest BCUT2D eigenvalue weighted by molar-refractivity contribution is 5.77. The maximum absolute atomic E-state index is 13.1. The summed E-state index contributed by atoms with van der Waals surface area (Å²) in [6.45, 7) is 2.79. The predicted octanol–water partition coefficient (Wildman–Crippen LogP) is 3.41. The molecule has 7 nitrogen and oxygen atoms in total. The van der Waals surface area contributed by atoms with Crippen LogP contribution in [0, 0.1) is 0 Å². The Kier molecular flexibility index (Phi) is 6.40. The zero-order valence-electron chi connectivity index (χ0n) is 18.0. The van der Waals surface area contributed by atoms with Crippen molar-refractivity contribution in [3.05, 3.63) is 71.8 Å². The summed E-state index contributed by atoms with van der Waals surface area (Å²) in [7, 11) is 3.24. The van der Waals surface area contributed by atoms with Gasteiger partial charge in [-0.05, 0) is 35.7 Å². The SMILES string of the molecule is COc1ccc(CCC(=O)N2CCN(Cc3c[nH]cn3)c3ccccc3C2)cc1OC. The molecule has 0 atom stereocenters. The van der Waals surface area contributed by atoms with Crippen LogP contribution in [0.3, 0.4) is 0 Å². The Hall–Kier alpha value is -3.48. The lowest BCUT2D eigenvalue weighted by atomic mass is 10.1. The van der Waals surface area contributed by atoms with Crippen LogP contribution in [0.1, 0.15) is 23.2 Å². The first-order chi connectivity index (χ1) is 15.2. The van der Waals surface area contributed by atoms with Crippen LogP contribution in [0.2, 0.25) is 0 Å². The molecule has 162 valence electrons. The number of benzene rings is 2. The van der Waals surface area contributed by atoms with Gasteiger partial charge < -0.3 is 24.3 Å². The molecule has 0 aliphatic carbocycles. The Morgan fingerprint density at radius 1 is 1.10 bits per heavy atom. The minimum atomic E-state index is 0.159. The highest BCUT2D eigenvalue weighted by Gasteiger charge is 2.23. The second-order valence-electron chi connectivity index (χ2n) is 7.62. The number of hydrogen-bond donors (Lipinski definition) is 1. The second kappa shape index (κ2) is 9.55. The summed E-state index contributed by atoms with van der Waals surface area (Å²) in [6, 6.07) is 14.1. The van der Waals surface area contributed by atoms with E-state index in [9.17, 15) is 4.79 Å². The molecule has 1 aliphatic heterocycles. The lowest BCUT2D eigenvalue weighted by Gasteiger charge is -2.24. The highest BCUT2D eigenvalue weighted by atomic mass is 16.5. The molecule has 1 aromatic heterocycles. The third kappa shape index (κ3) is 4.82. The minimum Gasteiger partial charge on any atom is -0.493 e. The number of nitrogens with one attached hydrogen (secondary N) is 1. The molecular weight excluding hydrogens is 392 g/mol. The average molecular weight is 421 g/mol. The molecule has 4 rings (SSSR count). The van der Waals surface area contributed by atoms with Gasteiger partial charge in [-0.3, -0.25) is 4.79 Å². The number of imidazole rings is 1. The number of methoxy groups -OCH3 is 2. The van der Waals surface area contributed by atoms with Gasteiger partial charge in [0.2, 0.25) is 5.91 Å². The predicted molar refractivity (Wildman–Crippen MR) is 119 cm³/mol. The van der Waals surface area contributed by atoms with Crippen molar-refractivity contribution in [3.8, 4) is 11.5 Å². The van der Waals surface area contributed by atoms with E-state index in [0.717, 1.165) is 23.4 Å². The molecule has 0 unspecified atom stereocenters. The number of hydrogen-bond acceptors (Lipinski definition) is 5. The van der Waals surface area contributed by atoms with Crippen molar-refractivity contribution >= 4 is 11.6 Å². The molecule has 7 heteroatoms. The van der Waals surface area contributed by atoms with E-state index in [-0.39, 0.29) is 5.91 Å². The van der Waals surface area contributed by atoms with Crippen molar-refractivity contribution in [2.45, 2.75) is 25.9 Å². The van der Waals surface area contributed by atoms with Crippen molar-refractivity contribution in [1.82, 2.24) is 14.9 Å². The van der Waals surface area contributed by atoms with Gasteiger partial charge in [0.15, 0.2) is 11.5 Å². The molecule has 1 aliphatic rings. The third-order valence-electron chi connectivity index (χ3n) is 5.67. The van der Waals surface area contributed by atoms with Crippen LogP contribution in [0.25, 0.3) is 0 Å². The van der Waals surface area contributed by atoms with Gasteiger partial charge in [0.1, 0.15) is 0 Å². The standard InChI is InChI=1S/C24H28N4O3/c1-30-22-9-7-18(13-23(22)31-2)8-10-24(29)28-12-11-27(16-20-14-25-17-26-20)21-6-4-3-5-19(21)15-28/h3-7,9,13-14,17H,8,10-12,15-16H2,1-2H3,(H,25,26). The number of amides is 1. The Labute approximate surface area is 182 Å². The fraction of sp³-hybridized carbons (Fsp3) is 0.333. The van der Waals surface area contributed by atoms with E-state index in [2.05, 4.69) is 27.0 Å². The minimum absolute atomic E-state index is 0.159. The number of nitrogens with zero attached hydrogens (tertiary/aromatic N) is 3. The maximum atomic E-state index is 13.1. The Balaban J connectivity index is 1.44. The number of carbonyl (C=O) groups is 1. The van der Waals surface area contributed by atoms with Crippen LogP contribution in [-0.4, -0.2) is 48.1 Å². The Morgan fingerprint density at radius 2 is 1.94 bits per heavy atom. The van der Waals surface area contributed by atoms with E-state index in [0.29, 0.717) is 44.0 Å². The first kappa shape index (κ1) is 20.8. The van der Waals surface area contributed by atoms with Gasteiger partial charge in [0, 0.05) is 37.9 Å². The largest absolute Gasteiger partial charge is 0.493 e.